The first-order chi connectivity index (χ1) is 7.70. The molecule has 0 amide bonds. The average molecular weight is 226 g/mol. The van der Waals surface area contributed by atoms with Crippen molar-refractivity contribution >= 4 is 0 Å². The summed E-state index contributed by atoms with van der Waals surface area (Å²) in [6.45, 7) is 0. The summed E-state index contributed by atoms with van der Waals surface area (Å²) < 4.78 is 11.8. The maximum Gasteiger partial charge on any atom is 0.169 e. The van der Waals surface area contributed by atoms with Crippen molar-refractivity contribution in [3.8, 4) is 0 Å². The Morgan fingerprint density at radius 2 is 1.75 bits per heavy atom. The highest BCUT2D eigenvalue weighted by Gasteiger charge is 2.51. The van der Waals surface area contributed by atoms with Crippen molar-refractivity contribution in [3.05, 3.63) is 12.2 Å². The molecule has 2 N–H and O–H groups in total. The van der Waals surface area contributed by atoms with Crippen molar-refractivity contribution in [2.75, 3.05) is 0 Å². The van der Waals surface area contributed by atoms with Crippen LogP contribution in [0.25, 0.3) is 0 Å². The minimum absolute atomic E-state index is 0.198. The lowest BCUT2D eigenvalue weighted by atomic mass is 9.94. The zero-order valence-electron chi connectivity index (χ0n) is 9.21. The summed E-state index contributed by atoms with van der Waals surface area (Å²) in [6, 6.07) is 0. The fraction of sp³-hybridized carbons (Fsp3) is 0.833. The Kier molecular flexibility index (Phi) is 2.55. The second-order valence-corrected chi connectivity index (χ2v) is 5.00. The second kappa shape index (κ2) is 3.81. The number of rotatable bonds is 0. The van der Waals surface area contributed by atoms with Crippen LogP contribution in [0.4, 0.5) is 0 Å². The molecule has 0 aromatic carbocycles. The van der Waals surface area contributed by atoms with Gasteiger partial charge in [-0.2, -0.15) is 0 Å². The summed E-state index contributed by atoms with van der Waals surface area (Å²) in [5, 5.41) is 19.4. The molecule has 0 aromatic rings. The van der Waals surface area contributed by atoms with Crippen LogP contribution in [0.1, 0.15) is 32.1 Å². The lowest BCUT2D eigenvalue weighted by Gasteiger charge is -2.32. The third-order valence-electron chi connectivity index (χ3n) is 3.83. The predicted molar refractivity (Wildman–Crippen MR) is 56.7 cm³/mol. The minimum atomic E-state index is -0.865. The monoisotopic (exact) mass is 226 g/mol. The van der Waals surface area contributed by atoms with Crippen LogP contribution >= 0.6 is 0 Å². The first kappa shape index (κ1) is 10.7. The standard InChI is InChI=1S/C12H18O4/c13-8-4-5-9-11(10(8)14)16-12(15-9)6-2-1-3-7-12/h4-5,8-11,13-14H,1-3,6-7H2/t8-,9-,10+,11-/m1/s1. The van der Waals surface area contributed by atoms with Gasteiger partial charge in [0.2, 0.25) is 0 Å². The lowest BCUT2D eigenvalue weighted by Crippen LogP contribution is -2.45. The highest BCUT2D eigenvalue weighted by Crippen LogP contribution is 2.43. The van der Waals surface area contributed by atoms with Gasteiger partial charge in [-0.1, -0.05) is 18.6 Å². The predicted octanol–water partition coefficient (Wildman–Crippen LogP) is 0.722. The lowest BCUT2D eigenvalue weighted by molar-refractivity contribution is -0.200. The number of aliphatic hydroxyl groups is 2. The molecule has 16 heavy (non-hydrogen) atoms. The van der Waals surface area contributed by atoms with Crippen LogP contribution in [0.2, 0.25) is 0 Å². The zero-order chi connectivity index (χ0) is 11.2. The number of hydrogen-bond acceptors (Lipinski definition) is 4. The molecule has 1 saturated heterocycles. The van der Waals surface area contributed by atoms with Gasteiger partial charge in [-0.25, -0.2) is 0 Å². The average Bonchev–Trinajstić information content (AvgIpc) is 2.64. The highest BCUT2D eigenvalue weighted by molar-refractivity contribution is 5.12. The molecule has 0 aromatic heterocycles. The van der Waals surface area contributed by atoms with E-state index >= 15 is 0 Å². The van der Waals surface area contributed by atoms with E-state index in [4.69, 9.17) is 9.47 Å². The molecule has 1 aliphatic heterocycles. The normalized spacial score (nSPS) is 45.9. The van der Waals surface area contributed by atoms with E-state index in [1.54, 1.807) is 6.08 Å². The molecule has 2 fully saturated rings. The van der Waals surface area contributed by atoms with E-state index in [2.05, 4.69) is 0 Å². The van der Waals surface area contributed by atoms with Gasteiger partial charge in [0.25, 0.3) is 0 Å². The van der Waals surface area contributed by atoms with Gasteiger partial charge in [0.1, 0.15) is 24.4 Å². The Morgan fingerprint density at radius 1 is 1.00 bits per heavy atom. The second-order valence-electron chi connectivity index (χ2n) is 5.00. The van der Waals surface area contributed by atoms with Gasteiger partial charge in [-0.15, -0.1) is 0 Å². The smallest absolute Gasteiger partial charge is 0.169 e. The molecule has 1 saturated carbocycles. The molecule has 4 heteroatoms. The Labute approximate surface area is 94.9 Å². The van der Waals surface area contributed by atoms with Crippen LogP contribution in [0, 0.1) is 0 Å². The highest BCUT2D eigenvalue weighted by atomic mass is 16.8. The zero-order valence-corrected chi connectivity index (χ0v) is 9.21. The summed E-state index contributed by atoms with van der Waals surface area (Å²) in [5.41, 5.74) is 0. The SMILES string of the molecule is O[C@@H]1[C@@H]2OC3(CCCCC3)O[C@@H]2C=C[C@H]1O. The van der Waals surface area contributed by atoms with E-state index in [-0.39, 0.29) is 6.10 Å². The van der Waals surface area contributed by atoms with Gasteiger partial charge in [0.15, 0.2) is 5.79 Å². The molecular formula is C12H18O4. The van der Waals surface area contributed by atoms with E-state index in [9.17, 15) is 10.2 Å². The number of aliphatic hydroxyl groups excluding tert-OH is 2. The van der Waals surface area contributed by atoms with Gasteiger partial charge in [-0.3, -0.25) is 0 Å². The molecule has 2 aliphatic carbocycles. The summed E-state index contributed by atoms with van der Waals surface area (Å²) in [4.78, 5) is 0. The van der Waals surface area contributed by atoms with Gasteiger partial charge in [-0.05, 0) is 12.8 Å². The van der Waals surface area contributed by atoms with E-state index in [1.807, 2.05) is 6.08 Å². The molecule has 3 aliphatic rings. The van der Waals surface area contributed by atoms with E-state index in [0.29, 0.717) is 0 Å². The fourth-order valence-electron chi connectivity index (χ4n) is 2.93. The van der Waals surface area contributed by atoms with Crippen LogP contribution in [-0.4, -0.2) is 40.4 Å². The first-order valence-electron chi connectivity index (χ1n) is 6.10. The molecule has 3 rings (SSSR count). The van der Waals surface area contributed by atoms with Crippen molar-refractivity contribution in [2.24, 2.45) is 0 Å². The Hall–Kier alpha value is -0.420. The largest absolute Gasteiger partial charge is 0.387 e. The summed E-state index contributed by atoms with van der Waals surface area (Å²) >= 11 is 0. The molecule has 0 radical (unpaired) electrons. The van der Waals surface area contributed by atoms with Crippen LogP contribution in [0.5, 0.6) is 0 Å². The Morgan fingerprint density at radius 3 is 2.50 bits per heavy atom. The molecule has 0 unspecified atom stereocenters. The number of ether oxygens (including phenoxy) is 2. The van der Waals surface area contributed by atoms with Gasteiger partial charge in [0.05, 0.1) is 0 Å². The first-order valence-corrected chi connectivity index (χ1v) is 6.10. The van der Waals surface area contributed by atoms with E-state index in [0.717, 1.165) is 25.7 Å². The number of fused-ring (bicyclic) bond motifs is 1. The Balaban J connectivity index is 1.79. The molecule has 0 bridgehead atoms. The van der Waals surface area contributed by atoms with Crippen molar-refractivity contribution in [1.29, 1.82) is 0 Å². The molecule has 4 atom stereocenters. The summed E-state index contributed by atoms with van der Waals surface area (Å²) in [6.07, 6.45) is 6.36. The maximum atomic E-state index is 9.86. The van der Waals surface area contributed by atoms with Crippen molar-refractivity contribution < 1.29 is 19.7 Å². The van der Waals surface area contributed by atoms with Gasteiger partial charge in [0, 0.05) is 12.8 Å². The third-order valence-corrected chi connectivity index (χ3v) is 3.83. The van der Waals surface area contributed by atoms with Crippen LogP contribution in [0.3, 0.4) is 0 Å². The molecule has 1 spiro atoms. The van der Waals surface area contributed by atoms with Gasteiger partial charge < -0.3 is 19.7 Å². The van der Waals surface area contributed by atoms with Gasteiger partial charge >= 0.3 is 0 Å². The topological polar surface area (TPSA) is 58.9 Å². The molecular weight excluding hydrogens is 208 g/mol. The van der Waals surface area contributed by atoms with Crippen molar-refractivity contribution in [3.63, 3.8) is 0 Å². The molecule has 4 nitrogen and oxygen atoms in total. The Bertz CT molecular complexity index is 295. The van der Waals surface area contributed by atoms with E-state index in [1.165, 1.54) is 6.42 Å². The van der Waals surface area contributed by atoms with E-state index < -0.39 is 24.1 Å². The van der Waals surface area contributed by atoms with Crippen LogP contribution < -0.4 is 0 Å². The fourth-order valence-corrected chi connectivity index (χ4v) is 2.93. The maximum absolute atomic E-state index is 9.86. The van der Waals surface area contributed by atoms with Crippen LogP contribution in [0.15, 0.2) is 12.2 Å². The van der Waals surface area contributed by atoms with Crippen molar-refractivity contribution in [2.45, 2.75) is 62.3 Å². The summed E-state index contributed by atoms with van der Waals surface area (Å²) in [5.74, 6) is -0.497. The molecule has 1 heterocycles. The van der Waals surface area contributed by atoms with Crippen molar-refractivity contribution in [1.82, 2.24) is 0 Å². The minimum Gasteiger partial charge on any atom is -0.387 e. The number of hydrogen-bond donors (Lipinski definition) is 2. The quantitative estimate of drug-likeness (QED) is 0.598. The summed E-state index contributed by atoms with van der Waals surface area (Å²) in [7, 11) is 0. The third kappa shape index (κ3) is 1.61. The molecule has 90 valence electrons. The van der Waals surface area contributed by atoms with Crippen LogP contribution in [-0.2, 0) is 9.47 Å².